The SMILES string of the molecule is Cc1oc(C)c(C(=O)Nc2cccc(-c3nnc4n3CCCCC4)c2)c1C. The van der Waals surface area contributed by atoms with Gasteiger partial charge in [-0.2, -0.15) is 0 Å². The fraction of sp³-hybridized carbons (Fsp3) is 0.381. The summed E-state index contributed by atoms with van der Waals surface area (Å²) >= 11 is 0. The fourth-order valence-electron chi connectivity index (χ4n) is 3.76. The normalized spacial score (nSPS) is 13.9. The van der Waals surface area contributed by atoms with Crippen molar-refractivity contribution in [1.29, 1.82) is 0 Å². The lowest BCUT2D eigenvalue weighted by Crippen LogP contribution is -2.13. The number of nitrogens with one attached hydrogen (secondary N) is 1. The van der Waals surface area contributed by atoms with Crippen molar-refractivity contribution in [2.45, 2.75) is 53.0 Å². The first-order chi connectivity index (χ1) is 13.0. The van der Waals surface area contributed by atoms with Gasteiger partial charge in [0.25, 0.3) is 5.91 Å². The summed E-state index contributed by atoms with van der Waals surface area (Å²) in [5.41, 5.74) is 3.18. The third kappa shape index (κ3) is 3.27. The van der Waals surface area contributed by atoms with Gasteiger partial charge in [0.1, 0.15) is 17.3 Å². The molecule has 140 valence electrons. The highest BCUT2D eigenvalue weighted by Gasteiger charge is 2.20. The minimum Gasteiger partial charge on any atom is -0.466 e. The van der Waals surface area contributed by atoms with Crippen LogP contribution in [0.15, 0.2) is 28.7 Å². The van der Waals surface area contributed by atoms with Crippen molar-refractivity contribution in [2.75, 3.05) is 5.32 Å². The van der Waals surface area contributed by atoms with Gasteiger partial charge in [-0.25, -0.2) is 0 Å². The Labute approximate surface area is 158 Å². The molecule has 6 heteroatoms. The average Bonchev–Trinajstić information content (AvgIpc) is 3.05. The number of rotatable bonds is 3. The Morgan fingerprint density at radius 3 is 2.74 bits per heavy atom. The summed E-state index contributed by atoms with van der Waals surface area (Å²) in [6, 6.07) is 7.79. The molecule has 1 aromatic carbocycles. The minimum absolute atomic E-state index is 0.154. The zero-order valence-corrected chi connectivity index (χ0v) is 16.0. The van der Waals surface area contributed by atoms with Crippen LogP contribution in [0, 0.1) is 20.8 Å². The Bertz CT molecular complexity index is 1000. The number of nitrogens with zero attached hydrogens (tertiary/aromatic N) is 3. The molecule has 4 rings (SSSR count). The van der Waals surface area contributed by atoms with Gasteiger partial charge >= 0.3 is 0 Å². The predicted octanol–water partition coefficient (Wildman–Crippen LogP) is 4.44. The zero-order valence-electron chi connectivity index (χ0n) is 16.0. The average molecular weight is 364 g/mol. The lowest BCUT2D eigenvalue weighted by atomic mass is 10.1. The van der Waals surface area contributed by atoms with Crippen LogP contribution in [-0.2, 0) is 13.0 Å². The van der Waals surface area contributed by atoms with Gasteiger partial charge in [0, 0.05) is 29.8 Å². The second kappa shape index (κ2) is 7.02. The summed E-state index contributed by atoms with van der Waals surface area (Å²) in [7, 11) is 0. The molecule has 6 nitrogen and oxygen atoms in total. The van der Waals surface area contributed by atoms with Gasteiger partial charge in [0.2, 0.25) is 0 Å². The largest absolute Gasteiger partial charge is 0.466 e. The molecule has 0 radical (unpaired) electrons. The number of aryl methyl sites for hydroxylation is 3. The van der Waals surface area contributed by atoms with Crippen molar-refractivity contribution in [2.24, 2.45) is 0 Å². The number of fused-ring (bicyclic) bond motifs is 1. The van der Waals surface area contributed by atoms with Crippen LogP contribution in [0.1, 0.15) is 52.5 Å². The fourth-order valence-corrected chi connectivity index (χ4v) is 3.76. The smallest absolute Gasteiger partial charge is 0.259 e. The Morgan fingerprint density at radius 2 is 1.96 bits per heavy atom. The first-order valence-corrected chi connectivity index (χ1v) is 9.45. The number of carbonyl (C=O) groups is 1. The molecule has 1 amide bonds. The van der Waals surface area contributed by atoms with Crippen LogP contribution < -0.4 is 5.32 Å². The number of amides is 1. The number of aromatic nitrogens is 3. The number of hydrogen-bond acceptors (Lipinski definition) is 4. The highest BCUT2D eigenvalue weighted by atomic mass is 16.3. The molecule has 1 aliphatic rings. The Hall–Kier alpha value is -2.89. The molecular weight excluding hydrogens is 340 g/mol. The molecule has 0 unspecified atom stereocenters. The molecule has 27 heavy (non-hydrogen) atoms. The molecule has 3 heterocycles. The van der Waals surface area contributed by atoms with Crippen LogP contribution >= 0.6 is 0 Å². The summed E-state index contributed by atoms with van der Waals surface area (Å²) < 4.78 is 7.79. The quantitative estimate of drug-likeness (QED) is 0.745. The summed E-state index contributed by atoms with van der Waals surface area (Å²) in [4.78, 5) is 12.7. The monoisotopic (exact) mass is 364 g/mol. The van der Waals surface area contributed by atoms with E-state index in [1.807, 2.05) is 45.0 Å². The third-order valence-electron chi connectivity index (χ3n) is 5.28. The molecule has 0 saturated heterocycles. The maximum atomic E-state index is 12.7. The number of carbonyl (C=O) groups excluding carboxylic acids is 1. The van der Waals surface area contributed by atoms with E-state index in [0.29, 0.717) is 11.3 Å². The molecule has 0 fully saturated rings. The van der Waals surface area contributed by atoms with E-state index >= 15 is 0 Å². The van der Waals surface area contributed by atoms with Crippen molar-refractivity contribution in [3.05, 3.63) is 52.7 Å². The van der Waals surface area contributed by atoms with Gasteiger partial charge in [-0.05, 0) is 45.7 Å². The Balaban J connectivity index is 1.62. The first-order valence-electron chi connectivity index (χ1n) is 9.45. The molecule has 0 spiro atoms. The minimum atomic E-state index is -0.154. The zero-order chi connectivity index (χ0) is 19.0. The van der Waals surface area contributed by atoms with E-state index in [1.165, 1.54) is 6.42 Å². The van der Waals surface area contributed by atoms with Crippen LogP contribution in [0.5, 0.6) is 0 Å². The van der Waals surface area contributed by atoms with Gasteiger partial charge < -0.3 is 14.3 Å². The molecule has 1 N–H and O–H groups in total. The maximum Gasteiger partial charge on any atom is 0.259 e. The number of furan rings is 1. The van der Waals surface area contributed by atoms with Crippen molar-refractivity contribution >= 4 is 11.6 Å². The molecule has 0 bridgehead atoms. The van der Waals surface area contributed by atoms with Gasteiger partial charge in [-0.1, -0.05) is 18.6 Å². The van der Waals surface area contributed by atoms with E-state index < -0.39 is 0 Å². The molecule has 0 saturated carbocycles. The molecule has 2 aromatic heterocycles. The predicted molar refractivity (Wildman–Crippen MR) is 104 cm³/mol. The second-order valence-electron chi connectivity index (χ2n) is 7.15. The number of anilines is 1. The van der Waals surface area contributed by atoms with Gasteiger partial charge in [0.05, 0.1) is 5.56 Å². The summed E-state index contributed by atoms with van der Waals surface area (Å²) in [5, 5.41) is 11.8. The van der Waals surface area contributed by atoms with Gasteiger partial charge in [-0.3, -0.25) is 4.79 Å². The maximum absolute atomic E-state index is 12.7. The number of hydrogen-bond donors (Lipinski definition) is 1. The van der Waals surface area contributed by atoms with E-state index in [9.17, 15) is 4.79 Å². The lowest BCUT2D eigenvalue weighted by Gasteiger charge is -2.09. The highest BCUT2D eigenvalue weighted by molar-refractivity contribution is 6.06. The Morgan fingerprint density at radius 1 is 1.11 bits per heavy atom. The van der Waals surface area contributed by atoms with E-state index in [0.717, 1.165) is 60.0 Å². The van der Waals surface area contributed by atoms with Gasteiger partial charge in [-0.15, -0.1) is 10.2 Å². The molecule has 0 aliphatic carbocycles. The number of benzene rings is 1. The summed E-state index contributed by atoms with van der Waals surface area (Å²) in [6.45, 7) is 6.54. The van der Waals surface area contributed by atoms with Crippen molar-refractivity contribution < 1.29 is 9.21 Å². The van der Waals surface area contributed by atoms with Crippen LogP contribution in [0.4, 0.5) is 5.69 Å². The van der Waals surface area contributed by atoms with Gasteiger partial charge in [0.15, 0.2) is 5.82 Å². The van der Waals surface area contributed by atoms with Crippen LogP contribution in [-0.4, -0.2) is 20.7 Å². The third-order valence-corrected chi connectivity index (χ3v) is 5.28. The van der Waals surface area contributed by atoms with Crippen LogP contribution in [0.2, 0.25) is 0 Å². The topological polar surface area (TPSA) is 73.0 Å². The van der Waals surface area contributed by atoms with E-state index in [2.05, 4.69) is 20.1 Å². The van der Waals surface area contributed by atoms with Crippen molar-refractivity contribution in [3.63, 3.8) is 0 Å². The van der Waals surface area contributed by atoms with E-state index in [-0.39, 0.29) is 5.91 Å². The van der Waals surface area contributed by atoms with Crippen LogP contribution in [0.25, 0.3) is 11.4 Å². The molecular formula is C21H24N4O2. The van der Waals surface area contributed by atoms with E-state index in [1.54, 1.807) is 0 Å². The Kier molecular flexibility index (Phi) is 4.56. The summed E-state index contributed by atoms with van der Waals surface area (Å²) in [5.74, 6) is 3.18. The highest BCUT2D eigenvalue weighted by Crippen LogP contribution is 2.26. The standard InChI is InChI=1S/C21H24N4O2/c1-13-14(2)27-15(3)19(13)21(26)22-17-9-7-8-16(12-17)20-24-23-18-10-5-4-6-11-25(18)20/h7-9,12H,4-6,10-11H2,1-3H3,(H,22,26). The lowest BCUT2D eigenvalue weighted by molar-refractivity contribution is 0.102. The van der Waals surface area contributed by atoms with Crippen molar-refractivity contribution in [1.82, 2.24) is 14.8 Å². The van der Waals surface area contributed by atoms with E-state index in [4.69, 9.17) is 4.42 Å². The molecule has 1 aliphatic heterocycles. The van der Waals surface area contributed by atoms with Crippen LogP contribution in [0.3, 0.4) is 0 Å². The first kappa shape index (κ1) is 17.5. The molecule has 0 atom stereocenters. The van der Waals surface area contributed by atoms with Crippen molar-refractivity contribution in [3.8, 4) is 11.4 Å². The summed E-state index contributed by atoms with van der Waals surface area (Å²) in [6.07, 6.45) is 4.51. The second-order valence-corrected chi connectivity index (χ2v) is 7.15. The molecule has 3 aromatic rings.